The van der Waals surface area contributed by atoms with E-state index in [1.165, 1.54) is 0 Å². The van der Waals surface area contributed by atoms with Crippen LogP contribution in [0.1, 0.15) is 2.85 Å². The van der Waals surface area contributed by atoms with Gasteiger partial charge in [-0.15, -0.1) is 0 Å². The van der Waals surface area contributed by atoms with Crippen molar-refractivity contribution >= 4 is 66.1 Å². The molecule has 5 heteroatoms. The van der Waals surface area contributed by atoms with Crippen LogP contribution in [-0.4, -0.2) is 66.1 Å². The molecule has 0 N–H and O–H groups in total. The van der Waals surface area contributed by atoms with Crippen LogP contribution in [-0.2, 0) is 33.6 Å². The van der Waals surface area contributed by atoms with E-state index in [1.807, 2.05) is 0 Å². The Bertz CT molecular complexity index is 17.7. The van der Waals surface area contributed by atoms with Crippen LogP contribution < -0.4 is 0 Å². The third kappa shape index (κ3) is 19.4. The molecule has 0 aromatic heterocycles. The van der Waals surface area contributed by atoms with Gasteiger partial charge in [-0.05, 0) is 11.0 Å². The standard InChI is InChI=1S/Al.Ca.Mn.Ni.H4Si.5H/h;;;;1H4;;;;;/q;+2;;;;;;;2*-1. The van der Waals surface area contributed by atoms with Gasteiger partial charge in [0, 0.05) is 33.6 Å². The number of hydrogen-bond acceptors (Lipinski definition) is 0. The molecule has 0 rings (SSSR count). The van der Waals surface area contributed by atoms with Crippen molar-refractivity contribution < 1.29 is 36.4 Å². The van der Waals surface area contributed by atoms with Gasteiger partial charge in [-0.2, -0.15) is 0 Å². The fraction of sp³-hybridized carbons (Fsp3) is 0. The van der Waals surface area contributed by atoms with E-state index < -0.39 is 0 Å². The summed E-state index contributed by atoms with van der Waals surface area (Å²) in [6.07, 6.45) is 0. The van der Waals surface area contributed by atoms with E-state index in [0.29, 0.717) is 0 Å². The molecule has 0 aromatic rings. The molecular weight excluding hydrogens is 209 g/mol. The van der Waals surface area contributed by atoms with E-state index in [2.05, 4.69) is 0 Å². The van der Waals surface area contributed by atoms with Crippen molar-refractivity contribution in [1.29, 1.82) is 0 Å². The predicted molar refractivity (Wildman–Crippen MR) is 29.3 cm³/mol. The zero-order valence-corrected chi connectivity index (χ0v) is 5.78. The van der Waals surface area contributed by atoms with E-state index in [1.54, 1.807) is 0 Å². The van der Waals surface area contributed by atoms with Gasteiger partial charge in [0.2, 0.25) is 0 Å². The predicted octanol–water partition coefficient (Wildman–Crippen LogP) is -2.80. The summed E-state index contributed by atoms with van der Waals surface area (Å²) in [6.45, 7) is 0. The van der Waals surface area contributed by atoms with Crippen molar-refractivity contribution in [2.75, 3.05) is 0 Å². The Morgan fingerprint density at radius 3 is 1.20 bits per heavy atom. The molecule has 0 bridgehead atoms. The fourth-order valence-electron chi connectivity index (χ4n) is 0. The molecule has 0 aliphatic rings. The van der Waals surface area contributed by atoms with Crippen LogP contribution in [0.2, 0.25) is 0 Å². The van der Waals surface area contributed by atoms with Crippen LogP contribution in [0.5, 0.6) is 0 Å². The first kappa shape index (κ1) is 43.3. The molecule has 35 valence electrons. The molecule has 0 aromatic carbocycles. The molecule has 1 radical (unpaired) electrons. The average molecular weight is 218 g/mol. The Hall–Kier alpha value is 3.02. The maximum Gasteiger partial charge on any atom is 2.00 e. The van der Waals surface area contributed by atoms with Gasteiger partial charge in [-0.1, -0.05) is 0 Å². The second-order valence-electron chi connectivity index (χ2n) is 0. The first-order valence-corrected chi connectivity index (χ1v) is 0. The molecule has 0 spiro atoms. The molecule has 0 fully saturated rings. The molecule has 0 aliphatic carbocycles. The second kappa shape index (κ2) is 27.9. The molecule has 0 heterocycles. The first-order chi connectivity index (χ1) is 0. The Morgan fingerprint density at radius 1 is 1.20 bits per heavy atom. The van der Waals surface area contributed by atoms with Crippen molar-refractivity contribution in [2.24, 2.45) is 0 Å². The maximum atomic E-state index is 0. The Kier molecular flexibility index (Phi) is 242. The van der Waals surface area contributed by atoms with E-state index in [9.17, 15) is 0 Å². The summed E-state index contributed by atoms with van der Waals surface area (Å²) in [6, 6.07) is 0. The van der Waals surface area contributed by atoms with Gasteiger partial charge in [-0.25, -0.2) is 0 Å². The van der Waals surface area contributed by atoms with Crippen molar-refractivity contribution in [1.82, 2.24) is 0 Å². The molecule has 0 saturated carbocycles. The minimum atomic E-state index is 0. The third-order valence-electron chi connectivity index (χ3n) is 0. The molecule has 0 amide bonds. The molecule has 0 unspecified atom stereocenters. The zero-order chi connectivity index (χ0) is 0. The van der Waals surface area contributed by atoms with E-state index in [0.717, 1.165) is 0 Å². The topological polar surface area (TPSA) is 0 Å². The number of hydrogen-bond donors (Lipinski definition) is 0. The largest absolute Gasteiger partial charge is 2.00 e. The van der Waals surface area contributed by atoms with Crippen LogP contribution in [0.15, 0.2) is 0 Å². The van der Waals surface area contributed by atoms with Gasteiger partial charge in [0.05, 0.1) is 0 Å². The molecule has 0 saturated heterocycles. The number of rotatable bonds is 0. The first-order valence-electron chi connectivity index (χ1n) is 0. The minimum absolute atomic E-state index is 0. The van der Waals surface area contributed by atoms with Crippen molar-refractivity contribution in [3.63, 3.8) is 0 Å². The third-order valence-corrected chi connectivity index (χ3v) is 0. The molecule has 0 atom stereocenters. The monoisotopic (exact) mass is 217 g/mol. The smallest absolute Gasteiger partial charge is 1.00 e. The van der Waals surface area contributed by atoms with E-state index in [-0.39, 0.29) is 102 Å². The fourth-order valence-corrected chi connectivity index (χ4v) is 0. The van der Waals surface area contributed by atoms with Crippen LogP contribution in [0.25, 0.3) is 0 Å². The zero-order valence-electron chi connectivity index (χ0n) is 3.40. The Balaban J connectivity index is 0. The quantitative estimate of drug-likeness (QED) is 0.385. The molecule has 0 aliphatic heterocycles. The average Bonchev–Trinajstić information content (AvgIpc) is 0. The van der Waals surface area contributed by atoms with Gasteiger partial charge in [0.1, 0.15) is 0 Å². The van der Waals surface area contributed by atoms with Crippen LogP contribution in [0.3, 0.4) is 0 Å². The Labute approximate surface area is 101 Å². The van der Waals surface area contributed by atoms with Gasteiger partial charge in [0.15, 0.2) is 17.4 Å². The van der Waals surface area contributed by atoms with E-state index >= 15 is 0 Å². The summed E-state index contributed by atoms with van der Waals surface area (Å²) in [5.74, 6) is 0. The van der Waals surface area contributed by atoms with Crippen LogP contribution in [0.4, 0.5) is 0 Å². The van der Waals surface area contributed by atoms with Crippen molar-refractivity contribution in [3.05, 3.63) is 0 Å². The van der Waals surface area contributed by atoms with Crippen LogP contribution >= 0.6 is 0 Å². The van der Waals surface area contributed by atoms with Gasteiger partial charge in [-0.3, -0.25) is 0 Å². The SMILES string of the molecule is [AlH3].[Ca+2].[H-].[H-].[Mn].[Ni].[SiH4]. The van der Waals surface area contributed by atoms with E-state index in [4.69, 9.17) is 0 Å². The second-order valence-corrected chi connectivity index (χ2v) is 0. The summed E-state index contributed by atoms with van der Waals surface area (Å²) in [5.41, 5.74) is 0. The summed E-state index contributed by atoms with van der Waals surface area (Å²) < 4.78 is 0. The van der Waals surface area contributed by atoms with Crippen molar-refractivity contribution in [3.8, 4) is 0 Å². The summed E-state index contributed by atoms with van der Waals surface area (Å²) in [4.78, 5) is 0. The maximum absolute atomic E-state index is 0. The summed E-state index contributed by atoms with van der Waals surface area (Å²) in [7, 11) is 0. The molecule has 5 heavy (non-hydrogen) atoms. The molecular formula is H9AlCaMnNiSi. The normalized spacial score (nSPS) is 0. The Morgan fingerprint density at radius 2 is 1.20 bits per heavy atom. The van der Waals surface area contributed by atoms with Gasteiger partial charge >= 0.3 is 37.7 Å². The van der Waals surface area contributed by atoms with Gasteiger partial charge < -0.3 is 2.85 Å². The summed E-state index contributed by atoms with van der Waals surface area (Å²) >= 11 is 0. The van der Waals surface area contributed by atoms with Crippen molar-refractivity contribution in [2.45, 2.75) is 0 Å². The summed E-state index contributed by atoms with van der Waals surface area (Å²) in [5, 5.41) is 0. The van der Waals surface area contributed by atoms with Gasteiger partial charge in [0.25, 0.3) is 0 Å². The molecule has 0 nitrogen and oxygen atoms in total. The minimum Gasteiger partial charge on any atom is -1.00 e. The van der Waals surface area contributed by atoms with Crippen LogP contribution in [0, 0.1) is 0 Å².